The Labute approximate surface area is 89.0 Å². The van der Waals surface area contributed by atoms with E-state index in [-0.39, 0.29) is 24.7 Å². The molecule has 0 radical (unpaired) electrons. The van der Waals surface area contributed by atoms with Gasteiger partial charge in [-0.2, -0.15) is 0 Å². The van der Waals surface area contributed by atoms with Gasteiger partial charge in [-0.3, -0.25) is 4.79 Å². The van der Waals surface area contributed by atoms with E-state index in [4.69, 9.17) is 9.84 Å². The summed E-state index contributed by atoms with van der Waals surface area (Å²) in [5.41, 5.74) is 0. The zero-order valence-electron chi connectivity index (χ0n) is 9.10. The van der Waals surface area contributed by atoms with E-state index in [1.54, 1.807) is 4.90 Å². The van der Waals surface area contributed by atoms with Gasteiger partial charge in [0, 0.05) is 25.4 Å². The zero-order chi connectivity index (χ0) is 11.4. The SMILES string of the molecule is CC(C)N1CCC(CCC(=O)O)OC1=O. The van der Waals surface area contributed by atoms with Gasteiger partial charge >= 0.3 is 12.1 Å². The van der Waals surface area contributed by atoms with Gasteiger partial charge in [-0.05, 0) is 20.3 Å². The molecule has 1 N–H and O–H groups in total. The molecule has 0 spiro atoms. The lowest BCUT2D eigenvalue weighted by Gasteiger charge is -2.34. The Kier molecular flexibility index (Phi) is 3.94. The first-order valence-corrected chi connectivity index (χ1v) is 5.19. The molecule has 0 aromatic rings. The van der Waals surface area contributed by atoms with Crippen LogP contribution < -0.4 is 0 Å². The van der Waals surface area contributed by atoms with Gasteiger partial charge < -0.3 is 14.7 Å². The van der Waals surface area contributed by atoms with Crippen molar-refractivity contribution in [1.82, 2.24) is 4.90 Å². The Morgan fingerprint density at radius 2 is 2.33 bits per heavy atom. The Balaban J connectivity index is 2.37. The molecule has 0 aliphatic carbocycles. The Hall–Kier alpha value is -1.26. The first-order chi connectivity index (χ1) is 7.00. The number of carboxylic acid groups (broad SMARTS) is 1. The number of hydrogen-bond donors (Lipinski definition) is 1. The average molecular weight is 215 g/mol. The number of carboxylic acids is 1. The van der Waals surface area contributed by atoms with Crippen LogP contribution in [0.4, 0.5) is 4.79 Å². The maximum Gasteiger partial charge on any atom is 0.410 e. The van der Waals surface area contributed by atoms with Gasteiger partial charge in [-0.15, -0.1) is 0 Å². The predicted molar refractivity (Wildman–Crippen MR) is 53.6 cm³/mol. The highest BCUT2D eigenvalue weighted by Crippen LogP contribution is 2.17. The number of nitrogens with zero attached hydrogens (tertiary/aromatic N) is 1. The van der Waals surface area contributed by atoms with E-state index >= 15 is 0 Å². The van der Waals surface area contributed by atoms with Gasteiger partial charge in [0.25, 0.3) is 0 Å². The summed E-state index contributed by atoms with van der Waals surface area (Å²) in [6, 6.07) is 0.137. The van der Waals surface area contributed by atoms with E-state index in [1.165, 1.54) is 0 Å². The third-order valence-electron chi connectivity index (χ3n) is 2.50. The monoisotopic (exact) mass is 215 g/mol. The summed E-state index contributed by atoms with van der Waals surface area (Å²) < 4.78 is 5.13. The summed E-state index contributed by atoms with van der Waals surface area (Å²) >= 11 is 0. The molecular formula is C10H17NO4. The van der Waals surface area contributed by atoms with Crippen molar-refractivity contribution in [1.29, 1.82) is 0 Å². The van der Waals surface area contributed by atoms with Crippen molar-refractivity contribution in [2.45, 2.75) is 45.3 Å². The molecule has 1 saturated heterocycles. The van der Waals surface area contributed by atoms with Crippen LogP contribution in [0.15, 0.2) is 0 Å². The molecule has 5 heteroatoms. The van der Waals surface area contributed by atoms with E-state index in [2.05, 4.69) is 0 Å². The van der Waals surface area contributed by atoms with E-state index in [1.807, 2.05) is 13.8 Å². The maximum atomic E-state index is 11.4. The van der Waals surface area contributed by atoms with E-state index in [0.717, 1.165) is 6.42 Å². The fourth-order valence-electron chi connectivity index (χ4n) is 1.60. The summed E-state index contributed by atoms with van der Waals surface area (Å²) in [5.74, 6) is -0.850. The molecule has 0 aromatic heterocycles. The second-order valence-electron chi connectivity index (χ2n) is 4.01. The molecule has 1 heterocycles. The van der Waals surface area contributed by atoms with Gasteiger partial charge in [-0.1, -0.05) is 0 Å². The summed E-state index contributed by atoms with van der Waals surface area (Å²) in [5, 5.41) is 8.50. The topological polar surface area (TPSA) is 66.8 Å². The lowest BCUT2D eigenvalue weighted by Crippen LogP contribution is -2.45. The van der Waals surface area contributed by atoms with Crippen molar-refractivity contribution >= 4 is 12.1 Å². The molecule has 1 fully saturated rings. The van der Waals surface area contributed by atoms with Crippen molar-refractivity contribution in [2.75, 3.05) is 6.54 Å². The molecule has 1 rings (SSSR count). The van der Waals surface area contributed by atoms with Crippen molar-refractivity contribution in [2.24, 2.45) is 0 Å². The second-order valence-corrected chi connectivity index (χ2v) is 4.01. The quantitative estimate of drug-likeness (QED) is 0.771. The third-order valence-corrected chi connectivity index (χ3v) is 2.50. The average Bonchev–Trinajstić information content (AvgIpc) is 2.14. The zero-order valence-corrected chi connectivity index (χ0v) is 9.10. The highest BCUT2D eigenvalue weighted by molar-refractivity contribution is 5.69. The molecule has 15 heavy (non-hydrogen) atoms. The number of cyclic esters (lactones) is 1. The van der Waals surface area contributed by atoms with Gasteiger partial charge in [-0.25, -0.2) is 4.79 Å². The molecule has 86 valence electrons. The smallest absolute Gasteiger partial charge is 0.410 e. The fraction of sp³-hybridized carbons (Fsp3) is 0.800. The second kappa shape index (κ2) is 5.00. The highest BCUT2D eigenvalue weighted by Gasteiger charge is 2.28. The third kappa shape index (κ3) is 3.42. The predicted octanol–water partition coefficient (Wildman–Crippen LogP) is 1.47. The van der Waals surface area contributed by atoms with Gasteiger partial charge in [0.05, 0.1) is 0 Å². The molecule has 1 aliphatic rings. The largest absolute Gasteiger partial charge is 0.481 e. The normalized spacial score (nSPS) is 21.7. The maximum absolute atomic E-state index is 11.4. The highest BCUT2D eigenvalue weighted by atomic mass is 16.6. The van der Waals surface area contributed by atoms with Crippen molar-refractivity contribution in [3.63, 3.8) is 0 Å². The molecule has 1 aliphatic heterocycles. The first-order valence-electron chi connectivity index (χ1n) is 5.19. The molecule has 0 bridgehead atoms. The molecule has 1 unspecified atom stereocenters. The van der Waals surface area contributed by atoms with Crippen LogP contribution in [-0.2, 0) is 9.53 Å². The Bertz CT molecular complexity index is 252. The molecule has 1 amide bonds. The summed E-state index contributed by atoms with van der Waals surface area (Å²) in [6.45, 7) is 4.51. The van der Waals surface area contributed by atoms with Crippen molar-refractivity contribution < 1.29 is 19.4 Å². The number of hydrogen-bond acceptors (Lipinski definition) is 3. The van der Waals surface area contributed by atoms with Crippen LogP contribution >= 0.6 is 0 Å². The van der Waals surface area contributed by atoms with Crippen LogP contribution in [0.3, 0.4) is 0 Å². The molecule has 1 atom stereocenters. The minimum Gasteiger partial charge on any atom is -0.481 e. The lowest BCUT2D eigenvalue weighted by molar-refractivity contribution is -0.137. The number of carbonyl (C=O) groups excluding carboxylic acids is 1. The van der Waals surface area contributed by atoms with Crippen LogP contribution in [0.5, 0.6) is 0 Å². The minimum atomic E-state index is -0.850. The molecule has 5 nitrogen and oxygen atoms in total. The van der Waals surface area contributed by atoms with Crippen molar-refractivity contribution in [3.05, 3.63) is 0 Å². The Morgan fingerprint density at radius 3 is 2.80 bits per heavy atom. The summed E-state index contributed by atoms with van der Waals surface area (Å²) in [4.78, 5) is 23.4. The van der Waals surface area contributed by atoms with Crippen LogP contribution in [0, 0.1) is 0 Å². The Morgan fingerprint density at radius 1 is 1.67 bits per heavy atom. The molecule has 0 saturated carbocycles. The summed E-state index contributed by atoms with van der Waals surface area (Å²) in [6.07, 6.45) is 0.624. The number of rotatable bonds is 4. The number of amides is 1. The number of ether oxygens (including phenoxy) is 1. The van der Waals surface area contributed by atoms with Crippen LogP contribution in [0.25, 0.3) is 0 Å². The fourth-order valence-corrected chi connectivity index (χ4v) is 1.60. The van der Waals surface area contributed by atoms with Gasteiger partial charge in [0.15, 0.2) is 0 Å². The minimum absolute atomic E-state index is 0.0552. The lowest BCUT2D eigenvalue weighted by atomic mass is 10.1. The summed E-state index contributed by atoms with van der Waals surface area (Å²) in [7, 11) is 0. The van der Waals surface area contributed by atoms with Crippen LogP contribution in [0.1, 0.15) is 33.1 Å². The van der Waals surface area contributed by atoms with E-state index < -0.39 is 5.97 Å². The van der Waals surface area contributed by atoms with E-state index in [9.17, 15) is 9.59 Å². The molecule has 0 aromatic carbocycles. The number of aliphatic carboxylic acids is 1. The van der Waals surface area contributed by atoms with Crippen LogP contribution in [0.2, 0.25) is 0 Å². The standard InChI is InChI=1S/C10H17NO4/c1-7(2)11-6-5-8(15-10(11)14)3-4-9(12)13/h7-8H,3-6H2,1-2H3,(H,12,13). The van der Waals surface area contributed by atoms with Crippen molar-refractivity contribution in [3.8, 4) is 0 Å². The number of carbonyl (C=O) groups is 2. The first kappa shape index (κ1) is 11.8. The van der Waals surface area contributed by atoms with Gasteiger partial charge in [0.2, 0.25) is 0 Å². The van der Waals surface area contributed by atoms with Crippen LogP contribution in [-0.4, -0.2) is 40.8 Å². The molecular weight excluding hydrogens is 198 g/mol. The van der Waals surface area contributed by atoms with E-state index in [0.29, 0.717) is 13.0 Å². The van der Waals surface area contributed by atoms with Gasteiger partial charge in [0.1, 0.15) is 6.10 Å².